The summed E-state index contributed by atoms with van der Waals surface area (Å²) in [6.45, 7) is 1.70. The molecule has 0 radical (unpaired) electrons. The summed E-state index contributed by atoms with van der Waals surface area (Å²) in [7, 11) is 0. The van der Waals surface area contributed by atoms with E-state index in [1.807, 2.05) is 60.7 Å². The monoisotopic (exact) mass is 290 g/mol. The second-order valence-corrected chi connectivity index (χ2v) is 4.73. The van der Waals surface area contributed by atoms with E-state index in [0.717, 1.165) is 11.1 Å². The van der Waals surface area contributed by atoms with E-state index in [0.29, 0.717) is 5.82 Å². The van der Waals surface area contributed by atoms with Crippen molar-refractivity contribution >= 4 is 6.21 Å². The molecule has 1 aromatic heterocycles. The van der Waals surface area contributed by atoms with Gasteiger partial charge in [0.25, 0.3) is 0 Å². The highest BCUT2D eigenvalue weighted by Crippen LogP contribution is 2.11. The van der Waals surface area contributed by atoms with Crippen molar-refractivity contribution < 1.29 is 0 Å². The van der Waals surface area contributed by atoms with Crippen molar-refractivity contribution in [2.24, 2.45) is 5.10 Å². The fraction of sp³-hybridized carbons (Fsp3) is 0.0588. The van der Waals surface area contributed by atoms with Crippen LogP contribution in [0.4, 0.5) is 0 Å². The summed E-state index contributed by atoms with van der Waals surface area (Å²) in [4.78, 5) is 12.6. The van der Waals surface area contributed by atoms with Gasteiger partial charge in [0.2, 0.25) is 0 Å². The van der Waals surface area contributed by atoms with Gasteiger partial charge in [-0.1, -0.05) is 60.7 Å². The molecule has 5 heteroatoms. The zero-order chi connectivity index (χ0) is 15.4. The smallest absolute Gasteiger partial charge is 0.265 e. The molecule has 0 atom stereocenters. The molecular formula is C17H14N4O. The summed E-state index contributed by atoms with van der Waals surface area (Å²) in [5.74, 6) is 0.442. The predicted molar refractivity (Wildman–Crippen MR) is 85.9 cm³/mol. The molecule has 22 heavy (non-hydrogen) atoms. The topological polar surface area (TPSA) is 60.1 Å². The van der Waals surface area contributed by atoms with Crippen molar-refractivity contribution in [3.8, 4) is 11.3 Å². The Balaban J connectivity index is 2.05. The standard InChI is InChI=1S/C17H14N4O/c1-13-19-20-16(15-10-6-3-7-11-15)17(22)21(13)18-12-14-8-4-2-5-9-14/h2-12H,1H3/b18-12-. The van der Waals surface area contributed by atoms with E-state index in [1.165, 1.54) is 4.68 Å². The first-order valence-corrected chi connectivity index (χ1v) is 6.87. The Kier molecular flexibility index (Phi) is 3.87. The normalized spacial score (nSPS) is 11.0. The fourth-order valence-electron chi connectivity index (χ4n) is 2.03. The Morgan fingerprint density at radius 2 is 1.59 bits per heavy atom. The zero-order valence-electron chi connectivity index (χ0n) is 12.0. The van der Waals surface area contributed by atoms with Crippen LogP contribution >= 0.6 is 0 Å². The van der Waals surface area contributed by atoms with Crippen LogP contribution in [0.2, 0.25) is 0 Å². The van der Waals surface area contributed by atoms with Gasteiger partial charge in [0, 0.05) is 5.56 Å². The molecule has 0 fully saturated rings. The third-order valence-corrected chi connectivity index (χ3v) is 3.17. The Hall–Kier alpha value is -3.08. The zero-order valence-corrected chi connectivity index (χ0v) is 12.0. The SMILES string of the molecule is Cc1nnc(-c2ccccc2)c(=O)n1/N=C\c1ccccc1. The van der Waals surface area contributed by atoms with Gasteiger partial charge in [-0.25, -0.2) is 0 Å². The van der Waals surface area contributed by atoms with Crippen LogP contribution in [0, 0.1) is 6.92 Å². The molecule has 0 N–H and O–H groups in total. The maximum absolute atomic E-state index is 12.6. The van der Waals surface area contributed by atoms with E-state index >= 15 is 0 Å². The third kappa shape index (κ3) is 2.83. The average Bonchev–Trinajstić information content (AvgIpc) is 2.56. The molecule has 5 nitrogen and oxygen atoms in total. The van der Waals surface area contributed by atoms with Gasteiger partial charge < -0.3 is 0 Å². The van der Waals surface area contributed by atoms with Crippen LogP contribution in [0.25, 0.3) is 11.3 Å². The second-order valence-electron chi connectivity index (χ2n) is 4.73. The minimum absolute atomic E-state index is 0.286. The van der Waals surface area contributed by atoms with Crippen LogP contribution < -0.4 is 5.56 Å². The Morgan fingerprint density at radius 3 is 2.27 bits per heavy atom. The molecule has 0 aliphatic rings. The van der Waals surface area contributed by atoms with Gasteiger partial charge >= 0.3 is 5.56 Å². The summed E-state index contributed by atoms with van der Waals surface area (Å²) in [5, 5.41) is 12.3. The quantitative estimate of drug-likeness (QED) is 0.696. The molecule has 108 valence electrons. The van der Waals surface area contributed by atoms with E-state index < -0.39 is 0 Å². The lowest BCUT2D eigenvalue weighted by atomic mass is 10.2. The van der Waals surface area contributed by atoms with Crippen molar-refractivity contribution in [2.45, 2.75) is 6.92 Å². The first kappa shape index (κ1) is 13.9. The molecule has 0 saturated carbocycles. The second kappa shape index (κ2) is 6.13. The molecular weight excluding hydrogens is 276 g/mol. The minimum atomic E-state index is -0.286. The first-order valence-electron chi connectivity index (χ1n) is 6.87. The van der Waals surface area contributed by atoms with Crippen LogP contribution in [-0.2, 0) is 0 Å². The van der Waals surface area contributed by atoms with E-state index in [1.54, 1.807) is 13.1 Å². The molecule has 0 bridgehead atoms. The van der Waals surface area contributed by atoms with Crippen LogP contribution in [-0.4, -0.2) is 21.1 Å². The van der Waals surface area contributed by atoms with Crippen LogP contribution in [0.1, 0.15) is 11.4 Å². The number of aryl methyl sites for hydroxylation is 1. The highest BCUT2D eigenvalue weighted by Gasteiger charge is 2.10. The van der Waals surface area contributed by atoms with Crippen molar-refractivity contribution in [3.05, 3.63) is 82.4 Å². The van der Waals surface area contributed by atoms with Gasteiger partial charge in [0.1, 0.15) is 0 Å². The van der Waals surface area contributed by atoms with E-state index in [9.17, 15) is 4.79 Å². The number of rotatable bonds is 3. The maximum Gasteiger partial charge on any atom is 0.301 e. The Morgan fingerprint density at radius 1 is 0.955 bits per heavy atom. The highest BCUT2D eigenvalue weighted by atomic mass is 16.1. The summed E-state index contributed by atoms with van der Waals surface area (Å²) < 4.78 is 1.27. The molecule has 1 heterocycles. The fourth-order valence-corrected chi connectivity index (χ4v) is 2.03. The van der Waals surface area contributed by atoms with Gasteiger partial charge in [-0.05, 0) is 12.5 Å². The summed E-state index contributed by atoms with van der Waals surface area (Å²) in [5.41, 5.74) is 1.64. The molecule has 3 aromatic rings. The van der Waals surface area contributed by atoms with Gasteiger partial charge in [0.05, 0.1) is 6.21 Å². The highest BCUT2D eigenvalue weighted by molar-refractivity contribution is 5.79. The average molecular weight is 290 g/mol. The van der Waals surface area contributed by atoms with E-state index in [2.05, 4.69) is 15.3 Å². The summed E-state index contributed by atoms with van der Waals surface area (Å²) in [6, 6.07) is 18.8. The minimum Gasteiger partial charge on any atom is -0.265 e. The number of hydrogen-bond acceptors (Lipinski definition) is 4. The number of nitrogens with zero attached hydrogens (tertiary/aromatic N) is 4. The molecule has 0 saturated heterocycles. The lowest BCUT2D eigenvalue weighted by Gasteiger charge is -2.04. The molecule has 0 spiro atoms. The van der Waals surface area contributed by atoms with Gasteiger partial charge in [0.15, 0.2) is 11.5 Å². The van der Waals surface area contributed by atoms with Gasteiger partial charge in [-0.3, -0.25) is 4.79 Å². The lowest BCUT2D eigenvalue weighted by Crippen LogP contribution is -2.23. The van der Waals surface area contributed by atoms with Gasteiger partial charge in [-0.15, -0.1) is 10.2 Å². The van der Waals surface area contributed by atoms with E-state index in [4.69, 9.17) is 0 Å². The van der Waals surface area contributed by atoms with Crippen LogP contribution in [0.5, 0.6) is 0 Å². The van der Waals surface area contributed by atoms with Crippen LogP contribution in [0.15, 0.2) is 70.6 Å². The Bertz CT molecular complexity index is 855. The van der Waals surface area contributed by atoms with Crippen molar-refractivity contribution in [3.63, 3.8) is 0 Å². The Labute approximate surface area is 127 Å². The summed E-state index contributed by atoms with van der Waals surface area (Å²) in [6.07, 6.45) is 1.63. The molecule has 0 amide bonds. The number of aromatic nitrogens is 3. The van der Waals surface area contributed by atoms with Crippen molar-refractivity contribution in [1.82, 2.24) is 14.9 Å². The predicted octanol–water partition coefficient (Wildman–Crippen LogP) is 2.50. The molecule has 3 rings (SSSR count). The largest absolute Gasteiger partial charge is 0.301 e. The van der Waals surface area contributed by atoms with Gasteiger partial charge in [-0.2, -0.15) is 9.78 Å². The molecule has 0 aliphatic carbocycles. The summed E-state index contributed by atoms with van der Waals surface area (Å²) >= 11 is 0. The lowest BCUT2D eigenvalue weighted by molar-refractivity contribution is 0.717. The van der Waals surface area contributed by atoms with Crippen molar-refractivity contribution in [2.75, 3.05) is 0 Å². The number of hydrogen-bond donors (Lipinski definition) is 0. The molecule has 2 aromatic carbocycles. The maximum atomic E-state index is 12.6. The third-order valence-electron chi connectivity index (χ3n) is 3.17. The van der Waals surface area contributed by atoms with Crippen molar-refractivity contribution in [1.29, 1.82) is 0 Å². The molecule has 0 aliphatic heterocycles. The molecule has 0 unspecified atom stereocenters. The van der Waals surface area contributed by atoms with Crippen LogP contribution in [0.3, 0.4) is 0 Å². The van der Waals surface area contributed by atoms with E-state index in [-0.39, 0.29) is 11.3 Å². The number of benzene rings is 2. The first-order chi connectivity index (χ1) is 10.8.